The first kappa shape index (κ1) is 13.9. The van der Waals surface area contributed by atoms with Crippen LogP contribution in [0.25, 0.3) is 6.08 Å². The van der Waals surface area contributed by atoms with Gasteiger partial charge in [0.25, 0.3) is 0 Å². The van der Waals surface area contributed by atoms with Crippen molar-refractivity contribution in [2.75, 3.05) is 11.1 Å². The molecule has 3 nitrogen and oxygen atoms in total. The van der Waals surface area contributed by atoms with E-state index in [2.05, 4.69) is 5.32 Å². The van der Waals surface area contributed by atoms with Crippen molar-refractivity contribution in [2.45, 2.75) is 13.8 Å². The summed E-state index contributed by atoms with van der Waals surface area (Å²) in [5.41, 5.74) is 10.3. The van der Waals surface area contributed by atoms with Crippen molar-refractivity contribution < 1.29 is 4.79 Å². The topological polar surface area (TPSA) is 55.1 Å². The number of carbonyl (C=O) groups excluding carboxylic acids is 1. The first-order chi connectivity index (χ1) is 9.56. The summed E-state index contributed by atoms with van der Waals surface area (Å²) in [5, 5.41) is 2.91. The first-order valence-electron chi connectivity index (χ1n) is 6.47. The summed E-state index contributed by atoms with van der Waals surface area (Å²) in [6, 6.07) is 13.3. The number of amides is 1. The predicted molar refractivity (Wildman–Crippen MR) is 84.4 cm³/mol. The van der Waals surface area contributed by atoms with Crippen LogP contribution in [-0.2, 0) is 4.79 Å². The van der Waals surface area contributed by atoms with E-state index in [1.165, 1.54) is 6.08 Å². The van der Waals surface area contributed by atoms with Gasteiger partial charge in [-0.25, -0.2) is 0 Å². The van der Waals surface area contributed by atoms with E-state index in [1.807, 2.05) is 56.3 Å². The number of nitrogens with two attached hydrogens (primary N) is 1. The maximum Gasteiger partial charge on any atom is 0.248 e. The van der Waals surface area contributed by atoms with Crippen LogP contribution in [0.2, 0.25) is 0 Å². The van der Waals surface area contributed by atoms with E-state index >= 15 is 0 Å². The Hall–Kier alpha value is -2.55. The number of anilines is 2. The highest BCUT2D eigenvalue weighted by Gasteiger charge is 2.04. The number of carbonyl (C=O) groups is 1. The van der Waals surface area contributed by atoms with Gasteiger partial charge in [0.1, 0.15) is 0 Å². The maximum absolute atomic E-state index is 11.9. The Kier molecular flexibility index (Phi) is 4.20. The van der Waals surface area contributed by atoms with Gasteiger partial charge in [0.05, 0.1) is 0 Å². The molecule has 0 spiro atoms. The second-order valence-corrected chi connectivity index (χ2v) is 4.76. The number of benzene rings is 2. The molecular formula is C17H18N2O. The average Bonchev–Trinajstić information content (AvgIpc) is 2.41. The minimum atomic E-state index is -0.148. The normalized spacial score (nSPS) is 10.7. The highest BCUT2D eigenvalue weighted by molar-refractivity contribution is 6.02. The van der Waals surface area contributed by atoms with Gasteiger partial charge in [0, 0.05) is 17.5 Å². The van der Waals surface area contributed by atoms with E-state index < -0.39 is 0 Å². The number of rotatable bonds is 3. The van der Waals surface area contributed by atoms with Crippen LogP contribution in [0, 0.1) is 13.8 Å². The Morgan fingerprint density at radius 3 is 2.40 bits per heavy atom. The standard InChI is InChI=1S/C17H18N2O/c1-12-5-3-6-13(2)17(12)19-16(20)10-9-14-7-4-8-15(18)11-14/h3-11H,18H2,1-2H3,(H,19,20)/b10-9+. The summed E-state index contributed by atoms with van der Waals surface area (Å²) < 4.78 is 0. The third kappa shape index (κ3) is 3.48. The van der Waals surface area contributed by atoms with Crippen LogP contribution in [0.4, 0.5) is 11.4 Å². The molecule has 0 aliphatic heterocycles. The largest absolute Gasteiger partial charge is 0.399 e. The summed E-state index contributed by atoms with van der Waals surface area (Å²) in [6.07, 6.45) is 3.26. The summed E-state index contributed by atoms with van der Waals surface area (Å²) in [5.74, 6) is -0.148. The van der Waals surface area contributed by atoms with Crippen LogP contribution in [0.3, 0.4) is 0 Å². The van der Waals surface area contributed by atoms with E-state index in [1.54, 1.807) is 6.08 Å². The highest BCUT2D eigenvalue weighted by Crippen LogP contribution is 2.19. The smallest absolute Gasteiger partial charge is 0.248 e. The van der Waals surface area contributed by atoms with Crippen molar-refractivity contribution in [3.63, 3.8) is 0 Å². The van der Waals surface area contributed by atoms with Crippen molar-refractivity contribution in [1.82, 2.24) is 0 Å². The van der Waals surface area contributed by atoms with E-state index in [-0.39, 0.29) is 5.91 Å². The number of aryl methyl sites for hydroxylation is 2. The van der Waals surface area contributed by atoms with Gasteiger partial charge in [-0.3, -0.25) is 4.79 Å². The second kappa shape index (κ2) is 6.06. The Bertz CT molecular complexity index is 640. The van der Waals surface area contributed by atoms with Crippen LogP contribution in [-0.4, -0.2) is 5.91 Å². The molecule has 0 aliphatic carbocycles. The Morgan fingerprint density at radius 2 is 1.75 bits per heavy atom. The molecule has 0 bridgehead atoms. The molecule has 3 N–H and O–H groups in total. The van der Waals surface area contributed by atoms with Crippen LogP contribution < -0.4 is 11.1 Å². The van der Waals surface area contributed by atoms with E-state index in [0.717, 1.165) is 22.4 Å². The zero-order valence-electron chi connectivity index (χ0n) is 11.7. The fourth-order valence-electron chi connectivity index (χ4n) is 2.01. The Balaban J connectivity index is 2.10. The third-order valence-electron chi connectivity index (χ3n) is 3.07. The van der Waals surface area contributed by atoms with Crippen molar-refractivity contribution >= 4 is 23.4 Å². The van der Waals surface area contributed by atoms with Crippen LogP contribution in [0.1, 0.15) is 16.7 Å². The number of hydrogen-bond acceptors (Lipinski definition) is 2. The number of para-hydroxylation sites is 1. The molecule has 2 aromatic carbocycles. The number of nitrogen functional groups attached to an aromatic ring is 1. The molecule has 1 amide bonds. The van der Waals surface area contributed by atoms with Crippen molar-refractivity contribution in [1.29, 1.82) is 0 Å². The molecule has 0 aliphatic rings. The molecule has 0 heterocycles. The van der Waals surface area contributed by atoms with Crippen LogP contribution >= 0.6 is 0 Å². The molecule has 2 aromatic rings. The third-order valence-corrected chi connectivity index (χ3v) is 3.07. The molecule has 0 aromatic heterocycles. The predicted octanol–water partition coefficient (Wildman–Crippen LogP) is 3.54. The lowest BCUT2D eigenvalue weighted by Crippen LogP contribution is -2.10. The molecule has 3 heteroatoms. The van der Waals surface area contributed by atoms with Gasteiger partial charge in [-0.2, -0.15) is 0 Å². The molecular weight excluding hydrogens is 248 g/mol. The molecule has 102 valence electrons. The zero-order valence-corrected chi connectivity index (χ0v) is 11.7. The van der Waals surface area contributed by atoms with E-state index in [4.69, 9.17) is 5.73 Å². The van der Waals surface area contributed by atoms with Gasteiger partial charge in [0.2, 0.25) is 5.91 Å². The van der Waals surface area contributed by atoms with Crippen molar-refractivity contribution in [3.05, 3.63) is 65.2 Å². The Morgan fingerprint density at radius 1 is 1.10 bits per heavy atom. The zero-order chi connectivity index (χ0) is 14.5. The van der Waals surface area contributed by atoms with Crippen LogP contribution in [0.15, 0.2) is 48.5 Å². The second-order valence-electron chi connectivity index (χ2n) is 4.76. The Labute approximate surface area is 119 Å². The van der Waals surface area contributed by atoms with Gasteiger partial charge >= 0.3 is 0 Å². The summed E-state index contributed by atoms with van der Waals surface area (Å²) in [4.78, 5) is 11.9. The van der Waals surface area contributed by atoms with Crippen molar-refractivity contribution in [2.24, 2.45) is 0 Å². The van der Waals surface area contributed by atoms with Crippen LogP contribution in [0.5, 0.6) is 0 Å². The minimum absolute atomic E-state index is 0.148. The SMILES string of the molecule is Cc1cccc(C)c1NC(=O)/C=C/c1cccc(N)c1. The first-order valence-corrected chi connectivity index (χ1v) is 6.47. The van der Waals surface area contributed by atoms with E-state index in [9.17, 15) is 4.79 Å². The lowest BCUT2D eigenvalue weighted by atomic mass is 10.1. The monoisotopic (exact) mass is 266 g/mol. The summed E-state index contributed by atoms with van der Waals surface area (Å²) in [7, 11) is 0. The fraction of sp³-hybridized carbons (Fsp3) is 0.118. The number of hydrogen-bond donors (Lipinski definition) is 2. The summed E-state index contributed by atoms with van der Waals surface area (Å²) >= 11 is 0. The maximum atomic E-state index is 11.9. The van der Waals surface area contributed by atoms with Gasteiger partial charge < -0.3 is 11.1 Å². The van der Waals surface area contributed by atoms with Gasteiger partial charge in [0.15, 0.2) is 0 Å². The molecule has 0 saturated heterocycles. The quantitative estimate of drug-likeness (QED) is 0.659. The lowest BCUT2D eigenvalue weighted by Gasteiger charge is -2.09. The fourth-order valence-corrected chi connectivity index (χ4v) is 2.01. The average molecular weight is 266 g/mol. The molecule has 0 fully saturated rings. The van der Waals surface area contributed by atoms with Crippen molar-refractivity contribution in [3.8, 4) is 0 Å². The van der Waals surface area contributed by atoms with Gasteiger partial charge in [-0.05, 0) is 48.7 Å². The molecule has 0 saturated carbocycles. The molecule has 0 atom stereocenters. The van der Waals surface area contributed by atoms with E-state index in [0.29, 0.717) is 5.69 Å². The lowest BCUT2D eigenvalue weighted by molar-refractivity contribution is -0.111. The minimum Gasteiger partial charge on any atom is -0.399 e. The molecule has 0 unspecified atom stereocenters. The molecule has 20 heavy (non-hydrogen) atoms. The number of nitrogens with one attached hydrogen (secondary N) is 1. The summed E-state index contributed by atoms with van der Waals surface area (Å²) in [6.45, 7) is 3.95. The molecule has 0 radical (unpaired) electrons. The highest BCUT2D eigenvalue weighted by atomic mass is 16.1. The van der Waals surface area contributed by atoms with Gasteiger partial charge in [-0.15, -0.1) is 0 Å². The molecule has 2 rings (SSSR count). The van der Waals surface area contributed by atoms with Gasteiger partial charge in [-0.1, -0.05) is 30.3 Å².